The van der Waals surface area contributed by atoms with Crippen LogP contribution in [0.25, 0.3) is 0 Å². The SMILES string of the molecule is CCCOC(=O)CCC(=O)NC(=S)NNC(=O)COc1ccc(Cl)cc1Br. The van der Waals surface area contributed by atoms with Crippen molar-refractivity contribution in [2.45, 2.75) is 26.2 Å². The highest BCUT2D eigenvalue weighted by molar-refractivity contribution is 9.10. The van der Waals surface area contributed by atoms with E-state index in [4.69, 9.17) is 33.3 Å². The van der Waals surface area contributed by atoms with Gasteiger partial charge in [-0.2, -0.15) is 0 Å². The van der Waals surface area contributed by atoms with Gasteiger partial charge in [-0.25, -0.2) is 0 Å². The Kier molecular flexibility index (Phi) is 10.7. The normalized spacial score (nSPS) is 9.89. The highest BCUT2D eigenvalue weighted by atomic mass is 79.9. The van der Waals surface area contributed by atoms with E-state index in [1.165, 1.54) is 0 Å². The Labute approximate surface area is 175 Å². The Balaban J connectivity index is 2.23. The van der Waals surface area contributed by atoms with Gasteiger partial charge < -0.3 is 14.8 Å². The first kappa shape index (κ1) is 23.1. The first-order valence-electron chi connectivity index (χ1n) is 7.94. The summed E-state index contributed by atoms with van der Waals surface area (Å²) in [6, 6.07) is 4.87. The monoisotopic (exact) mass is 479 g/mol. The van der Waals surface area contributed by atoms with Gasteiger partial charge in [-0.1, -0.05) is 18.5 Å². The number of hydrogen-bond acceptors (Lipinski definition) is 6. The van der Waals surface area contributed by atoms with Gasteiger partial charge in [0.25, 0.3) is 5.91 Å². The van der Waals surface area contributed by atoms with Gasteiger partial charge in [0.1, 0.15) is 5.75 Å². The molecule has 0 unspecified atom stereocenters. The van der Waals surface area contributed by atoms with Gasteiger partial charge in [-0.05, 0) is 52.8 Å². The lowest BCUT2D eigenvalue weighted by atomic mass is 10.3. The third kappa shape index (κ3) is 10.1. The maximum atomic E-state index is 11.7. The van der Waals surface area contributed by atoms with Crippen molar-refractivity contribution in [3.63, 3.8) is 0 Å². The minimum atomic E-state index is -0.517. The van der Waals surface area contributed by atoms with Crippen LogP contribution < -0.4 is 20.9 Å². The Bertz CT molecular complexity index is 705. The van der Waals surface area contributed by atoms with Gasteiger partial charge in [0.15, 0.2) is 11.7 Å². The Morgan fingerprint density at radius 2 is 1.93 bits per heavy atom. The predicted octanol–water partition coefficient (Wildman–Crippen LogP) is 2.24. The fraction of sp³-hybridized carbons (Fsp3) is 0.375. The van der Waals surface area contributed by atoms with Crippen LogP contribution in [0.15, 0.2) is 22.7 Å². The molecule has 0 radical (unpaired) electrons. The van der Waals surface area contributed by atoms with Gasteiger partial charge in [-0.15, -0.1) is 0 Å². The number of hydrogen-bond donors (Lipinski definition) is 3. The summed E-state index contributed by atoms with van der Waals surface area (Å²) in [5, 5.41) is 2.75. The molecule has 27 heavy (non-hydrogen) atoms. The first-order chi connectivity index (χ1) is 12.8. The molecule has 0 spiro atoms. The lowest BCUT2D eigenvalue weighted by molar-refractivity contribution is -0.144. The number of thiocarbonyl (C=S) groups is 1. The summed E-state index contributed by atoms with van der Waals surface area (Å²) in [5.74, 6) is -1.00. The van der Waals surface area contributed by atoms with Crippen molar-refractivity contribution in [2.24, 2.45) is 0 Å². The van der Waals surface area contributed by atoms with Crippen molar-refractivity contribution >= 4 is 62.6 Å². The molecule has 0 heterocycles. The van der Waals surface area contributed by atoms with Crippen LogP contribution in [0.3, 0.4) is 0 Å². The number of hydrazine groups is 1. The number of benzene rings is 1. The number of amides is 2. The molecular formula is C16H19BrClN3O5S. The van der Waals surface area contributed by atoms with Gasteiger partial charge in [-0.3, -0.25) is 25.2 Å². The average molecular weight is 481 g/mol. The number of esters is 1. The molecule has 11 heteroatoms. The van der Waals surface area contributed by atoms with Crippen LogP contribution >= 0.6 is 39.7 Å². The summed E-state index contributed by atoms with van der Waals surface area (Å²) >= 11 is 14.0. The van der Waals surface area contributed by atoms with Gasteiger partial charge >= 0.3 is 5.97 Å². The second kappa shape index (κ2) is 12.5. The van der Waals surface area contributed by atoms with E-state index in [2.05, 4.69) is 32.1 Å². The summed E-state index contributed by atoms with van der Waals surface area (Å²) in [6.07, 6.45) is 0.584. The fourth-order valence-corrected chi connectivity index (χ4v) is 2.58. The van der Waals surface area contributed by atoms with Crippen LogP contribution in [0.4, 0.5) is 0 Å². The van der Waals surface area contributed by atoms with Gasteiger partial charge in [0, 0.05) is 11.4 Å². The average Bonchev–Trinajstić information content (AvgIpc) is 2.62. The van der Waals surface area contributed by atoms with Crippen molar-refractivity contribution in [3.05, 3.63) is 27.7 Å². The van der Waals surface area contributed by atoms with Crippen molar-refractivity contribution in [2.75, 3.05) is 13.2 Å². The highest BCUT2D eigenvalue weighted by Crippen LogP contribution is 2.27. The molecule has 0 fully saturated rings. The standard InChI is InChI=1S/C16H19BrClN3O5S/c1-2-7-25-15(24)6-5-13(22)19-16(27)21-20-14(23)9-26-12-4-3-10(18)8-11(12)17/h3-4,8H,2,5-7,9H2,1H3,(H,20,23)(H2,19,21,22,27). The largest absolute Gasteiger partial charge is 0.483 e. The molecule has 148 valence electrons. The summed E-state index contributed by atoms with van der Waals surface area (Å²) < 4.78 is 10.8. The molecule has 0 saturated carbocycles. The summed E-state index contributed by atoms with van der Waals surface area (Å²) in [5.41, 5.74) is 4.65. The van der Waals surface area contributed by atoms with Crippen LogP contribution in [0, 0.1) is 0 Å². The van der Waals surface area contributed by atoms with Gasteiger partial charge in [0.05, 0.1) is 17.5 Å². The number of carbonyl (C=O) groups excluding carboxylic acids is 3. The number of carbonyl (C=O) groups is 3. The maximum Gasteiger partial charge on any atom is 0.306 e. The molecule has 1 rings (SSSR count). The van der Waals surface area contributed by atoms with E-state index in [-0.39, 0.29) is 24.6 Å². The van der Waals surface area contributed by atoms with Crippen LogP contribution in [-0.2, 0) is 19.1 Å². The van der Waals surface area contributed by atoms with Crippen LogP contribution in [0.2, 0.25) is 5.02 Å². The minimum Gasteiger partial charge on any atom is -0.483 e. The molecule has 0 aliphatic rings. The lowest BCUT2D eigenvalue weighted by Crippen LogP contribution is -2.49. The molecule has 8 nitrogen and oxygen atoms in total. The van der Waals surface area contributed by atoms with Gasteiger partial charge in [0.2, 0.25) is 5.91 Å². The quantitative estimate of drug-likeness (QED) is 0.298. The van der Waals surface area contributed by atoms with E-state index >= 15 is 0 Å². The minimum absolute atomic E-state index is 0.0510. The molecule has 0 bridgehead atoms. The zero-order chi connectivity index (χ0) is 20.2. The lowest BCUT2D eigenvalue weighted by Gasteiger charge is -2.12. The first-order valence-corrected chi connectivity index (χ1v) is 9.52. The Morgan fingerprint density at radius 1 is 1.19 bits per heavy atom. The molecule has 0 atom stereocenters. The molecule has 1 aromatic rings. The molecule has 0 aliphatic carbocycles. The van der Waals surface area contributed by atoms with E-state index in [9.17, 15) is 14.4 Å². The summed E-state index contributed by atoms with van der Waals surface area (Å²) in [4.78, 5) is 34.7. The number of halogens is 2. The van der Waals surface area contributed by atoms with E-state index in [1.54, 1.807) is 18.2 Å². The van der Waals surface area contributed by atoms with Crippen LogP contribution in [-0.4, -0.2) is 36.1 Å². The highest BCUT2D eigenvalue weighted by Gasteiger charge is 2.10. The zero-order valence-corrected chi connectivity index (χ0v) is 17.6. The molecule has 0 aromatic heterocycles. The third-order valence-corrected chi connectivity index (χ3v) is 3.90. The Hall–Kier alpha value is -1.91. The second-order valence-corrected chi connectivity index (χ2v) is 6.83. The molecule has 2 amide bonds. The van der Waals surface area contributed by atoms with E-state index in [1.807, 2.05) is 6.92 Å². The van der Waals surface area contributed by atoms with Crippen LogP contribution in [0.1, 0.15) is 26.2 Å². The van der Waals surface area contributed by atoms with Crippen LogP contribution in [0.5, 0.6) is 5.75 Å². The second-order valence-electron chi connectivity index (χ2n) is 5.13. The number of nitrogens with one attached hydrogen (secondary N) is 3. The van der Waals surface area contributed by atoms with Crippen molar-refractivity contribution < 1.29 is 23.9 Å². The fourth-order valence-electron chi connectivity index (χ4n) is 1.62. The predicted molar refractivity (Wildman–Crippen MR) is 107 cm³/mol. The molecular weight excluding hydrogens is 462 g/mol. The zero-order valence-electron chi connectivity index (χ0n) is 14.5. The molecule has 0 aliphatic heterocycles. The third-order valence-electron chi connectivity index (χ3n) is 2.84. The number of rotatable bonds is 8. The Morgan fingerprint density at radius 3 is 2.59 bits per heavy atom. The van der Waals surface area contributed by atoms with E-state index in [0.29, 0.717) is 28.3 Å². The summed E-state index contributed by atoms with van der Waals surface area (Å²) in [6.45, 7) is 1.91. The molecule has 3 N–H and O–H groups in total. The maximum absolute atomic E-state index is 11.7. The molecule has 1 aromatic carbocycles. The number of ether oxygens (including phenoxy) is 2. The van der Waals surface area contributed by atoms with E-state index < -0.39 is 17.8 Å². The van der Waals surface area contributed by atoms with E-state index in [0.717, 1.165) is 0 Å². The van der Waals surface area contributed by atoms with Crippen molar-refractivity contribution in [1.29, 1.82) is 0 Å². The summed E-state index contributed by atoms with van der Waals surface area (Å²) in [7, 11) is 0. The topological polar surface area (TPSA) is 106 Å². The smallest absolute Gasteiger partial charge is 0.306 e. The molecule has 0 saturated heterocycles. The van der Waals surface area contributed by atoms with Crippen molar-refractivity contribution in [3.8, 4) is 5.75 Å². The van der Waals surface area contributed by atoms with Crippen molar-refractivity contribution in [1.82, 2.24) is 16.2 Å².